The molecule has 0 heterocycles. The first-order chi connectivity index (χ1) is 17.1. The van der Waals surface area contributed by atoms with Gasteiger partial charge in [0.15, 0.2) is 0 Å². The van der Waals surface area contributed by atoms with E-state index in [0.717, 1.165) is 24.8 Å². The first-order valence-corrected chi connectivity index (χ1v) is 12.5. The van der Waals surface area contributed by atoms with Crippen molar-refractivity contribution in [3.8, 4) is 5.75 Å². The van der Waals surface area contributed by atoms with E-state index in [1.165, 1.54) is 44.7 Å². The molecule has 188 valence electrons. The Bertz CT molecular complexity index is 927. The summed E-state index contributed by atoms with van der Waals surface area (Å²) in [5.74, 6) is -0.531. The molecule has 2 aromatic rings. The van der Waals surface area contributed by atoms with Gasteiger partial charge in [-0.05, 0) is 48.4 Å². The molecule has 2 aromatic carbocycles. The maximum atomic E-state index is 12.1. The highest BCUT2D eigenvalue weighted by Gasteiger charge is 2.07. The van der Waals surface area contributed by atoms with Crippen molar-refractivity contribution in [2.75, 3.05) is 6.54 Å². The second-order valence-electron chi connectivity index (χ2n) is 8.47. The molecule has 0 bridgehead atoms. The van der Waals surface area contributed by atoms with Crippen molar-refractivity contribution in [3.05, 3.63) is 65.7 Å². The van der Waals surface area contributed by atoms with Crippen molar-refractivity contribution in [2.24, 2.45) is 5.10 Å². The minimum absolute atomic E-state index is 0.109. The van der Waals surface area contributed by atoms with Crippen LogP contribution in [-0.2, 0) is 9.59 Å². The molecule has 0 spiro atoms. The molecule has 0 aliphatic rings. The van der Waals surface area contributed by atoms with Crippen LogP contribution in [0.2, 0.25) is 0 Å². The third-order valence-electron chi connectivity index (χ3n) is 5.46. The number of carbonyl (C=O) groups is 3. The molecule has 0 unspecified atom stereocenters. The zero-order valence-corrected chi connectivity index (χ0v) is 20.6. The van der Waals surface area contributed by atoms with E-state index in [2.05, 4.69) is 22.8 Å². The van der Waals surface area contributed by atoms with Crippen molar-refractivity contribution in [3.63, 3.8) is 0 Å². The average Bonchev–Trinajstić information content (AvgIpc) is 2.88. The predicted molar refractivity (Wildman–Crippen MR) is 138 cm³/mol. The van der Waals surface area contributed by atoms with E-state index in [0.29, 0.717) is 17.7 Å². The molecule has 2 rings (SSSR count). The van der Waals surface area contributed by atoms with Gasteiger partial charge in [0.2, 0.25) is 5.91 Å². The summed E-state index contributed by atoms with van der Waals surface area (Å²) < 4.78 is 5.32. The fourth-order valence-corrected chi connectivity index (χ4v) is 3.44. The van der Waals surface area contributed by atoms with Gasteiger partial charge in [-0.3, -0.25) is 9.59 Å². The number of carbonyl (C=O) groups excluding carboxylic acids is 3. The number of unbranched alkanes of at least 4 members (excludes halogenated alkanes) is 8. The molecule has 0 radical (unpaired) electrons. The third-order valence-corrected chi connectivity index (χ3v) is 5.46. The summed E-state index contributed by atoms with van der Waals surface area (Å²) in [6, 6.07) is 15.5. The van der Waals surface area contributed by atoms with Crippen molar-refractivity contribution < 1.29 is 19.1 Å². The lowest BCUT2D eigenvalue weighted by Gasteiger charge is -2.05. The van der Waals surface area contributed by atoms with E-state index >= 15 is 0 Å². The van der Waals surface area contributed by atoms with Gasteiger partial charge >= 0.3 is 5.97 Å². The Morgan fingerprint density at radius 2 is 1.43 bits per heavy atom. The molecule has 0 aliphatic heterocycles. The molecule has 2 amide bonds. The van der Waals surface area contributed by atoms with E-state index in [4.69, 9.17) is 4.74 Å². The molecule has 0 aliphatic carbocycles. The Hall–Kier alpha value is -3.48. The van der Waals surface area contributed by atoms with Crippen molar-refractivity contribution in [1.29, 1.82) is 0 Å². The molecule has 0 fully saturated rings. The maximum Gasteiger partial charge on any atom is 0.343 e. The SMILES string of the molecule is CCCCCCCCCCCC(=O)NCC(=O)N/N=C\c1ccc(OC(=O)c2ccccc2)cc1. The first kappa shape index (κ1) is 27.8. The molecule has 0 saturated carbocycles. The molecular formula is C28H37N3O4. The van der Waals surface area contributed by atoms with Crippen LogP contribution >= 0.6 is 0 Å². The van der Waals surface area contributed by atoms with Gasteiger partial charge in [0.25, 0.3) is 5.91 Å². The third kappa shape index (κ3) is 12.5. The van der Waals surface area contributed by atoms with Gasteiger partial charge in [-0.15, -0.1) is 0 Å². The van der Waals surface area contributed by atoms with Crippen LogP contribution in [0.5, 0.6) is 5.75 Å². The largest absolute Gasteiger partial charge is 0.423 e. The van der Waals surface area contributed by atoms with Gasteiger partial charge in [-0.1, -0.05) is 76.5 Å². The van der Waals surface area contributed by atoms with Gasteiger partial charge in [0.05, 0.1) is 18.3 Å². The van der Waals surface area contributed by atoms with Crippen molar-refractivity contribution in [1.82, 2.24) is 10.7 Å². The molecule has 7 nitrogen and oxygen atoms in total. The summed E-state index contributed by atoms with van der Waals surface area (Å²) in [6.07, 6.45) is 12.7. The van der Waals surface area contributed by atoms with Crippen LogP contribution in [0.1, 0.15) is 87.1 Å². The number of nitrogens with zero attached hydrogens (tertiary/aromatic N) is 1. The van der Waals surface area contributed by atoms with E-state index in [-0.39, 0.29) is 12.5 Å². The summed E-state index contributed by atoms with van der Waals surface area (Å²) in [6.45, 7) is 2.11. The highest BCUT2D eigenvalue weighted by atomic mass is 16.5. The average molecular weight is 480 g/mol. The van der Waals surface area contributed by atoms with Crippen LogP contribution < -0.4 is 15.5 Å². The number of nitrogens with one attached hydrogen (secondary N) is 2. The molecule has 0 aromatic heterocycles. The van der Waals surface area contributed by atoms with Crippen LogP contribution in [0.4, 0.5) is 0 Å². The summed E-state index contributed by atoms with van der Waals surface area (Å²) in [4.78, 5) is 35.8. The van der Waals surface area contributed by atoms with Crippen LogP contribution in [0.25, 0.3) is 0 Å². The topological polar surface area (TPSA) is 96.9 Å². The number of amides is 2. The zero-order valence-electron chi connectivity index (χ0n) is 20.6. The van der Waals surface area contributed by atoms with Crippen molar-refractivity contribution >= 4 is 24.0 Å². The van der Waals surface area contributed by atoms with Gasteiger partial charge < -0.3 is 10.1 Å². The Morgan fingerprint density at radius 3 is 2.09 bits per heavy atom. The summed E-state index contributed by atoms with van der Waals surface area (Å²) in [5.41, 5.74) is 3.58. The normalized spacial score (nSPS) is 10.8. The first-order valence-electron chi connectivity index (χ1n) is 12.5. The standard InChI is InChI=1S/C28H37N3O4/c1-2-3-4-5-6-7-8-9-13-16-26(32)29-22-27(33)31-30-21-23-17-19-25(20-18-23)35-28(34)24-14-11-10-12-15-24/h10-12,14-15,17-21H,2-9,13,16,22H2,1H3,(H,29,32)(H,31,33)/b30-21-. The highest BCUT2D eigenvalue weighted by Crippen LogP contribution is 2.14. The minimum atomic E-state index is -0.431. The minimum Gasteiger partial charge on any atom is -0.423 e. The lowest BCUT2D eigenvalue weighted by Crippen LogP contribution is -2.34. The lowest BCUT2D eigenvalue weighted by molar-refractivity contribution is -0.126. The van der Waals surface area contributed by atoms with E-state index < -0.39 is 11.9 Å². The highest BCUT2D eigenvalue weighted by molar-refractivity contribution is 5.91. The number of rotatable bonds is 16. The second kappa shape index (κ2) is 17.0. The van der Waals surface area contributed by atoms with E-state index in [1.54, 1.807) is 48.5 Å². The molecule has 0 saturated heterocycles. The van der Waals surface area contributed by atoms with Gasteiger partial charge in [-0.25, -0.2) is 10.2 Å². The van der Waals surface area contributed by atoms with Crippen LogP contribution in [0.3, 0.4) is 0 Å². The molecule has 7 heteroatoms. The zero-order chi connectivity index (χ0) is 25.1. The number of benzene rings is 2. The number of ether oxygens (including phenoxy) is 1. The van der Waals surface area contributed by atoms with Crippen LogP contribution in [0.15, 0.2) is 59.7 Å². The Morgan fingerprint density at radius 1 is 0.800 bits per heavy atom. The Labute approximate surface area is 208 Å². The van der Waals surface area contributed by atoms with Gasteiger partial charge in [0.1, 0.15) is 5.75 Å². The number of hydrazone groups is 1. The lowest BCUT2D eigenvalue weighted by atomic mass is 10.1. The molecule has 2 N–H and O–H groups in total. The second-order valence-corrected chi connectivity index (χ2v) is 8.47. The number of esters is 1. The summed E-state index contributed by atoms with van der Waals surface area (Å²) in [5, 5.41) is 6.52. The van der Waals surface area contributed by atoms with Gasteiger partial charge in [0, 0.05) is 6.42 Å². The summed E-state index contributed by atoms with van der Waals surface area (Å²) in [7, 11) is 0. The number of hydrogen-bond acceptors (Lipinski definition) is 5. The quantitative estimate of drug-likeness (QED) is 0.111. The predicted octanol–water partition coefficient (Wildman–Crippen LogP) is 5.39. The molecule has 0 atom stereocenters. The molecule has 35 heavy (non-hydrogen) atoms. The van der Waals surface area contributed by atoms with Crippen LogP contribution in [0, 0.1) is 0 Å². The fourth-order valence-electron chi connectivity index (χ4n) is 3.44. The van der Waals surface area contributed by atoms with Crippen molar-refractivity contribution in [2.45, 2.75) is 71.1 Å². The van der Waals surface area contributed by atoms with Gasteiger partial charge in [-0.2, -0.15) is 5.10 Å². The van der Waals surface area contributed by atoms with E-state index in [1.807, 2.05) is 6.07 Å². The van der Waals surface area contributed by atoms with Crippen LogP contribution in [-0.4, -0.2) is 30.5 Å². The molecular weight excluding hydrogens is 442 g/mol. The Balaban J connectivity index is 1.56. The smallest absolute Gasteiger partial charge is 0.343 e. The Kier molecular flexibility index (Phi) is 13.5. The monoisotopic (exact) mass is 479 g/mol. The maximum absolute atomic E-state index is 12.1. The fraction of sp³-hybridized carbons (Fsp3) is 0.429. The van der Waals surface area contributed by atoms with E-state index in [9.17, 15) is 14.4 Å². The number of hydrogen-bond donors (Lipinski definition) is 2. The summed E-state index contributed by atoms with van der Waals surface area (Å²) >= 11 is 0.